The molecular weight excluding hydrogens is 328 g/mol. The molecule has 1 fully saturated rings. The Morgan fingerprint density at radius 3 is 2.96 bits per heavy atom. The molecule has 26 heavy (non-hydrogen) atoms. The summed E-state index contributed by atoms with van der Waals surface area (Å²) in [4.78, 5) is 24.4. The highest BCUT2D eigenvalue weighted by atomic mass is 16.2. The highest BCUT2D eigenvalue weighted by molar-refractivity contribution is 6.08. The highest BCUT2D eigenvalue weighted by Gasteiger charge is 2.35. The fraction of sp³-hybridized carbons (Fsp3) is 0.526. The largest absolute Gasteiger partial charge is 0.349 e. The molecule has 0 spiro atoms. The van der Waals surface area contributed by atoms with E-state index in [0.717, 1.165) is 48.9 Å². The van der Waals surface area contributed by atoms with Crippen LogP contribution in [0, 0.1) is 17.2 Å². The number of nitrogens with one attached hydrogen (secondary N) is 2. The van der Waals surface area contributed by atoms with Crippen molar-refractivity contribution >= 4 is 22.6 Å². The van der Waals surface area contributed by atoms with Gasteiger partial charge in [-0.15, -0.1) is 0 Å². The summed E-state index contributed by atoms with van der Waals surface area (Å²) < 4.78 is 0. The predicted octanol–water partition coefficient (Wildman–Crippen LogP) is 2.08. The van der Waals surface area contributed by atoms with Crippen molar-refractivity contribution in [3.05, 3.63) is 24.0 Å². The number of carbonyl (C=O) groups excluding carboxylic acids is 1. The quantitative estimate of drug-likeness (QED) is 0.650. The molecule has 0 bridgehead atoms. The summed E-state index contributed by atoms with van der Waals surface area (Å²) >= 11 is 0. The van der Waals surface area contributed by atoms with Gasteiger partial charge in [0, 0.05) is 30.9 Å². The molecule has 0 radical (unpaired) electrons. The first-order valence-corrected chi connectivity index (χ1v) is 9.25. The van der Waals surface area contributed by atoms with E-state index in [2.05, 4.69) is 26.3 Å². The van der Waals surface area contributed by atoms with Crippen LogP contribution in [0.1, 0.15) is 36.0 Å². The van der Waals surface area contributed by atoms with Gasteiger partial charge in [-0.2, -0.15) is 5.26 Å². The number of hydrogen-bond acceptors (Lipinski definition) is 5. The zero-order chi connectivity index (χ0) is 18.1. The molecule has 0 saturated heterocycles. The number of pyridine rings is 1. The third-order valence-electron chi connectivity index (χ3n) is 5.68. The minimum Gasteiger partial charge on any atom is -0.349 e. The van der Waals surface area contributed by atoms with Crippen molar-refractivity contribution < 1.29 is 4.79 Å². The number of aromatic amines is 1. The number of aromatic nitrogens is 2. The Hall–Kier alpha value is -2.59. The zero-order valence-electron chi connectivity index (χ0n) is 15.0. The Balaban J connectivity index is 1.57. The van der Waals surface area contributed by atoms with Crippen molar-refractivity contribution in [2.75, 3.05) is 31.7 Å². The van der Waals surface area contributed by atoms with E-state index in [1.54, 1.807) is 11.1 Å². The number of anilines is 1. The summed E-state index contributed by atoms with van der Waals surface area (Å²) in [6, 6.07) is 4.58. The number of fused-ring (bicyclic) bond motifs is 3. The second-order valence-corrected chi connectivity index (χ2v) is 7.34. The first kappa shape index (κ1) is 16.9. The van der Waals surface area contributed by atoms with Gasteiger partial charge in [-0.25, -0.2) is 4.98 Å². The van der Waals surface area contributed by atoms with E-state index >= 15 is 0 Å². The van der Waals surface area contributed by atoms with Gasteiger partial charge in [-0.05, 0) is 44.2 Å². The van der Waals surface area contributed by atoms with Gasteiger partial charge < -0.3 is 20.1 Å². The Labute approximate surface area is 153 Å². The van der Waals surface area contributed by atoms with Gasteiger partial charge in [0.25, 0.3) is 5.91 Å². The molecule has 2 aliphatic rings. The van der Waals surface area contributed by atoms with E-state index in [4.69, 9.17) is 5.26 Å². The Morgan fingerprint density at radius 1 is 1.38 bits per heavy atom. The molecule has 7 nitrogen and oxygen atoms in total. The fourth-order valence-electron chi connectivity index (χ4n) is 4.32. The smallest absolute Gasteiger partial charge is 0.258 e. The van der Waals surface area contributed by atoms with Gasteiger partial charge >= 0.3 is 0 Å². The van der Waals surface area contributed by atoms with E-state index in [0.29, 0.717) is 30.7 Å². The molecule has 2 N–H and O–H groups in total. The Morgan fingerprint density at radius 2 is 2.19 bits per heavy atom. The average molecular weight is 352 g/mol. The molecule has 4 rings (SSSR count). The van der Waals surface area contributed by atoms with Gasteiger partial charge in [-0.3, -0.25) is 4.79 Å². The lowest BCUT2D eigenvalue weighted by Gasteiger charge is -2.44. The van der Waals surface area contributed by atoms with E-state index in [-0.39, 0.29) is 5.91 Å². The summed E-state index contributed by atoms with van der Waals surface area (Å²) in [7, 11) is 1.86. The Kier molecular flexibility index (Phi) is 4.51. The number of hydrogen-bond donors (Lipinski definition) is 2. The first-order valence-electron chi connectivity index (χ1n) is 9.25. The maximum absolute atomic E-state index is 12.6. The molecule has 3 heterocycles. The maximum atomic E-state index is 12.6. The number of nitriles is 1. The van der Waals surface area contributed by atoms with Crippen molar-refractivity contribution in [3.8, 4) is 6.07 Å². The van der Waals surface area contributed by atoms with Crippen molar-refractivity contribution in [3.63, 3.8) is 0 Å². The first-order chi connectivity index (χ1) is 12.7. The van der Waals surface area contributed by atoms with E-state index in [9.17, 15) is 4.79 Å². The third kappa shape index (κ3) is 2.90. The molecule has 2 aromatic heterocycles. The molecule has 136 valence electrons. The van der Waals surface area contributed by atoms with Gasteiger partial charge in [0.15, 0.2) is 0 Å². The van der Waals surface area contributed by atoms with Crippen LogP contribution in [0.2, 0.25) is 0 Å². The lowest BCUT2D eigenvalue weighted by molar-refractivity contribution is 0.0774. The SMILES string of the molecule is CN1CN(C2CCC(CNCC#N)CC2)c2c(cnc3[nH]ccc23)C1=O. The summed E-state index contributed by atoms with van der Waals surface area (Å²) in [5.41, 5.74) is 2.56. The van der Waals surface area contributed by atoms with Crippen molar-refractivity contribution in [1.82, 2.24) is 20.2 Å². The van der Waals surface area contributed by atoms with Gasteiger partial charge in [0.1, 0.15) is 5.65 Å². The minimum absolute atomic E-state index is 0.0428. The van der Waals surface area contributed by atoms with Crippen LogP contribution < -0.4 is 10.2 Å². The van der Waals surface area contributed by atoms with Crippen LogP contribution in [-0.2, 0) is 0 Å². The molecule has 1 aliphatic heterocycles. The monoisotopic (exact) mass is 352 g/mol. The van der Waals surface area contributed by atoms with Crippen LogP contribution in [0.15, 0.2) is 18.5 Å². The number of H-pyrrole nitrogens is 1. The topological polar surface area (TPSA) is 88.0 Å². The Bertz CT molecular complexity index is 845. The van der Waals surface area contributed by atoms with Crippen LogP contribution in [0.4, 0.5) is 5.69 Å². The van der Waals surface area contributed by atoms with Gasteiger partial charge in [0.05, 0.1) is 30.5 Å². The van der Waals surface area contributed by atoms with Crippen LogP contribution >= 0.6 is 0 Å². The summed E-state index contributed by atoms with van der Waals surface area (Å²) in [6.07, 6.45) is 8.10. The highest BCUT2D eigenvalue weighted by Crippen LogP contribution is 2.38. The predicted molar refractivity (Wildman–Crippen MR) is 99.8 cm³/mol. The van der Waals surface area contributed by atoms with Crippen molar-refractivity contribution in [2.45, 2.75) is 31.7 Å². The molecule has 7 heteroatoms. The second-order valence-electron chi connectivity index (χ2n) is 7.34. The molecule has 2 aromatic rings. The third-order valence-corrected chi connectivity index (χ3v) is 5.68. The molecule has 1 amide bonds. The molecule has 1 saturated carbocycles. The molecule has 0 unspecified atom stereocenters. The second kappa shape index (κ2) is 6.96. The van der Waals surface area contributed by atoms with Crippen LogP contribution in [0.3, 0.4) is 0 Å². The molecule has 0 atom stereocenters. The van der Waals surface area contributed by atoms with Crippen molar-refractivity contribution in [2.24, 2.45) is 5.92 Å². The maximum Gasteiger partial charge on any atom is 0.258 e. The van der Waals surface area contributed by atoms with Gasteiger partial charge in [-0.1, -0.05) is 0 Å². The van der Waals surface area contributed by atoms with Crippen LogP contribution in [0.5, 0.6) is 0 Å². The lowest BCUT2D eigenvalue weighted by Crippen LogP contribution is -2.50. The number of rotatable bonds is 4. The van der Waals surface area contributed by atoms with Crippen LogP contribution in [-0.4, -0.2) is 53.6 Å². The summed E-state index contributed by atoms with van der Waals surface area (Å²) in [6.45, 7) is 1.96. The van der Waals surface area contributed by atoms with E-state index < -0.39 is 0 Å². The van der Waals surface area contributed by atoms with E-state index in [1.807, 2.05) is 19.3 Å². The number of nitrogens with zero attached hydrogens (tertiary/aromatic N) is 4. The number of carbonyl (C=O) groups is 1. The molecule has 0 aromatic carbocycles. The standard InChI is InChI=1S/C19H24N6O/c1-24-12-25(14-4-2-13(3-5-14)10-21-9-7-20)17-15-6-8-22-18(15)23-11-16(17)19(24)26/h6,8,11,13-14,21H,2-5,9-10,12H2,1H3,(H,22,23). The molecule has 1 aliphatic carbocycles. The zero-order valence-corrected chi connectivity index (χ0v) is 15.0. The summed E-state index contributed by atoms with van der Waals surface area (Å²) in [5.74, 6) is 0.675. The fourth-order valence-corrected chi connectivity index (χ4v) is 4.32. The minimum atomic E-state index is 0.0428. The van der Waals surface area contributed by atoms with Crippen LogP contribution in [0.25, 0.3) is 11.0 Å². The number of amides is 1. The van der Waals surface area contributed by atoms with E-state index in [1.165, 1.54) is 0 Å². The molecular formula is C19H24N6O. The normalized spacial score (nSPS) is 23.2. The lowest BCUT2D eigenvalue weighted by atomic mass is 9.84. The van der Waals surface area contributed by atoms with Gasteiger partial charge in [0.2, 0.25) is 0 Å². The summed E-state index contributed by atoms with van der Waals surface area (Å²) in [5, 5.41) is 12.9. The average Bonchev–Trinajstić information content (AvgIpc) is 3.14. The van der Waals surface area contributed by atoms with Crippen molar-refractivity contribution in [1.29, 1.82) is 5.26 Å².